The zero-order chi connectivity index (χ0) is 14.1. The second kappa shape index (κ2) is 8.69. The lowest BCUT2D eigenvalue weighted by Crippen LogP contribution is -2.16. The van der Waals surface area contributed by atoms with Gasteiger partial charge in [-0.1, -0.05) is 13.8 Å². The predicted octanol–water partition coefficient (Wildman–Crippen LogP) is 2.66. The molecule has 0 fully saturated rings. The first-order valence-corrected chi connectivity index (χ1v) is 6.95. The third kappa shape index (κ3) is 5.87. The van der Waals surface area contributed by atoms with E-state index in [4.69, 9.17) is 9.47 Å². The van der Waals surface area contributed by atoms with E-state index in [0.717, 1.165) is 30.9 Å². The fraction of sp³-hybridized carbons (Fsp3) is 0.714. The Hall–Kier alpha value is -1.36. The molecule has 0 bridgehead atoms. The van der Waals surface area contributed by atoms with Gasteiger partial charge >= 0.3 is 0 Å². The molecule has 1 heterocycles. The Morgan fingerprint density at radius 3 is 2.68 bits per heavy atom. The number of nitrogens with one attached hydrogen (secondary N) is 1. The van der Waals surface area contributed by atoms with Gasteiger partial charge in [0.25, 0.3) is 0 Å². The van der Waals surface area contributed by atoms with Crippen molar-refractivity contribution < 1.29 is 9.47 Å². The first-order valence-electron chi connectivity index (χ1n) is 6.95. The van der Waals surface area contributed by atoms with E-state index in [2.05, 4.69) is 36.1 Å². The van der Waals surface area contributed by atoms with Gasteiger partial charge in [0.15, 0.2) is 0 Å². The standard InChI is InChI=1S/C14H25N3O2/c1-5-7-12-16-13(15-11(3)6-2)10-14(17-12)19-9-8-18-4/h10-11H,5-9H2,1-4H3,(H,15,16,17). The van der Waals surface area contributed by atoms with Crippen molar-refractivity contribution in [2.45, 2.75) is 46.1 Å². The molecule has 1 atom stereocenters. The predicted molar refractivity (Wildman–Crippen MR) is 76.8 cm³/mol. The van der Waals surface area contributed by atoms with Gasteiger partial charge in [0.2, 0.25) is 5.88 Å². The maximum absolute atomic E-state index is 5.57. The molecule has 108 valence electrons. The first-order chi connectivity index (χ1) is 9.19. The molecule has 0 spiro atoms. The Bertz CT molecular complexity index is 372. The Balaban J connectivity index is 2.77. The minimum atomic E-state index is 0.385. The maximum atomic E-state index is 5.57. The largest absolute Gasteiger partial charge is 0.475 e. The molecule has 19 heavy (non-hydrogen) atoms. The van der Waals surface area contributed by atoms with Crippen molar-refractivity contribution in [3.8, 4) is 5.88 Å². The topological polar surface area (TPSA) is 56.3 Å². The summed E-state index contributed by atoms with van der Waals surface area (Å²) < 4.78 is 10.5. The van der Waals surface area contributed by atoms with Crippen LogP contribution in [-0.4, -0.2) is 36.3 Å². The van der Waals surface area contributed by atoms with E-state index in [9.17, 15) is 0 Å². The van der Waals surface area contributed by atoms with Gasteiger partial charge < -0.3 is 14.8 Å². The number of rotatable bonds is 9. The van der Waals surface area contributed by atoms with E-state index in [0.29, 0.717) is 25.1 Å². The Labute approximate surface area is 115 Å². The van der Waals surface area contributed by atoms with Crippen LogP contribution in [-0.2, 0) is 11.2 Å². The van der Waals surface area contributed by atoms with Gasteiger partial charge in [0.05, 0.1) is 6.61 Å². The van der Waals surface area contributed by atoms with Crippen LogP contribution in [0.3, 0.4) is 0 Å². The summed E-state index contributed by atoms with van der Waals surface area (Å²) in [5, 5.41) is 3.36. The zero-order valence-corrected chi connectivity index (χ0v) is 12.4. The van der Waals surface area contributed by atoms with Crippen molar-refractivity contribution >= 4 is 5.82 Å². The Morgan fingerprint density at radius 2 is 2.05 bits per heavy atom. The highest BCUT2D eigenvalue weighted by molar-refractivity contribution is 5.39. The van der Waals surface area contributed by atoms with Crippen molar-refractivity contribution in [2.75, 3.05) is 25.6 Å². The molecule has 0 radical (unpaired) electrons. The molecule has 1 aromatic heterocycles. The van der Waals surface area contributed by atoms with Crippen LogP contribution in [0, 0.1) is 0 Å². The molecule has 0 aliphatic rings. The highest BCUT2D eigenvalue weighted by Crippen LogP contribution is 2.16. The first kappa shape index (κ1) is 15.7. The molecular weight excluding hydrogens is 242 g/mol. The molecule has 1 N–H and O–H groups in total. The number of aromatic nitrogens is 2. The van der Waals surface area contributed by atoms with Gasteiger partial charge in [-0.05, 0) is 19.8 Å². The average Bonchev–Trinajstić information content (AvgIpc) is 2.39. The summed E-state index contributed by atoms with van der Waals surface area (Å²) in [4.78, 5) is 8.91. The van der Waals surface area contributed by atoms with Crippen molar-refractivity contribution in [3.63, 3.8) is 0 Å². The van der Waals surface area contributed by atoms with Crippen LogP contribution >= 0.6 is 0 Å². The number of ether oxygens (including phenoxy) is 2. The van der Waals surface area contributed by atoms with Crippen LogP contribution in [0.1, 0.15) is 39.4 Å². The fourth-order valence-corrected chi connectivity index (χ4v) is 1.54. The SMILES string of the molecule is CCCc1nc(NC(C)CC)cc(OCCOC)n1. The number of methoxy groups -OCH3 is 1. The summed E-state index contributed by atoms with van der Waals surface area (Å²) in [7, 11) is 1.65. The molecule has 0 amide bonds. The molecule has 5 nitrogen and oxygen atoms in total. The van der Waals surface area contributed by atoms with E-state index < -0.39 is 0 Å². The minimum Gasteiger partial charge on any atom is -0.475 e. The zero-order valence-electron chi connectivity index (χ0n) is 12.4. The highest BCUT2D eigenvalue weighted by Gasteiger charge is 2.07. The van der Waals surface area contributed by atoms with E-state index >= 15 is 0 Å². The van der Waals surface area contributed by atoms with Crippen LogP contribution in [0.2, 0.25) is 0 Å². The van der Waals surface area contributed by atoms with Gasteiger partial charge in [-0.3, -0.25) is 0 Å². The molecule has 1 unspecified atom stereocenters. The summed E-state index contributed by atoms with van der Waals surface area (Å²) in [6.45, 7) is 7.45. The monoisotopic (exact) mass is 267 g/mol. The second-order valence-corrected chi connectivity index (χ2v) is 4.55. The van der Waals surface area contributed by atoms with Gasteiger partial charge in [-0.15, -0.1) is 0 Å². The van der Waals surface area contributed by atoms with Crippen LogP contribution in [0.25, 0.3) is 0 Å². The van der Waals surface area contributed by atoms with Crippen LogP contribution < -0.4 is 10.1 Å². The second-order valence-electron chi connectivity index (χ2n) is 4.55. The normalized spacial score (nSPS) is 12.2. The number of hydrogen-bond donors (Lipinski definition) is 1. The van der Waals surface area contributed by atoms with E-state index in [-0.39, 0.29) is 0 Å². The van der Waals surface area contributed by atoms with Gasteiger partial charge in [0.1, 0.15) is 18.2 Å². The molecular formula is C14H25N3O2. The molecule has 0 saturated carbocycles. The van der Waals surface area contributed by atoms with Gasteiger partial charge in [0, 0.05) is 25.6 Å². The van der Waals surface area contributed by atoms with Gasteiger partial charge in [-0.25, -0.2) is 4.98 Å². The number of anilines is 1. The van der Waals surface area contributed by atoms with Crippen molar-refractivity contribution in [2.24, 2.45) is 0 Å². The Kier molecular flexibility index (Phi) is 7.18. The number of nitrogens with zero attached hydrogens (tertiary/aromatic N) is 2. The average molecular weight is 267 g/mol. The van der Waals surface area contributed by atoms with Gasteiger partial charge in [-0.2, -0.15) is 4.98 Å². The summed E-state index contributed by atoms with van der Waals surface area (Å²) in [5.41, 5.74) is 0. The lowest BCUT2D eigenvalue weighted by Gasteiger charge is -2.14. The number of aryl methyl sites for hydroxylation is 1. The quantitative estimate of drug-likeness (QED) is 0.697. The van der Waals surface area contributed by atoms with Crippen LogP contribution in [0.4, 0.5) is 5.82 Å². The van der Waals surface area contributed by atoms with Crippen LogP contribution in [0.15, 0.2) is 6.07 Å². The smallest absolute Gasteiger partial charge is 0.218 e. The fourth-order valence-electron chi connectivity index (χ4n) is 1.54. The van der Waals surface area contributed by atoms with E-state index in [1.54, 1.807) is 7.11 Å². The highest BCUT2D eigenvalue weighted by atomic mass is 16.5. The summed E-state index contributed by atoms with van der Waals surface area (Å²) in [6.07, 6.45) is 2.92. The molecule has 0 saturated heterocycles. The summed E-state index contributed by atoms with van der Waals surface area (Å²) >= 11 is 0. The number of hydrogen-bond acceptors (Lipinski definition) is 5. The van der Waals surface area contributed by atoms with Crippen molar-refractivity contribution in [1.29, 1.82) is 0 Å². The molecule has 0 aliphatic carbocycles. The van der Waals surface area contributed by atoms with Crippen molar-refractivity contribution in [3.05, 3.63) is 11.9 Å². The van der Waals surface area contributed by atoms with Crippen molar-refractivity contribution in [1.82, 2.24) is 9.97 Å². The van der Waals surface area contributed by atoms with E-state index in [1.165, 1.54) is 0 Å². The molecule has 0 aromatic carbocycles. The molecule has 5 heteroatoms. The lowest BCUT2D eigenvalue weighted by atomic mass is 10.2. The maximum Gasteiger partial charge on any atom is 0.218 e. The molecule has 1 rings (SSSR count). The third-order valence-electron chi connectivity index (χ3n) is 2.77. The van der Waals surface area contributed by atoms with Crippen LogP contribution in [0.5, 0.6) is 5.88 Å². The third-order valence-corrected chi connectivity index (χ3v) is 2.77. The minimum absolute atomic E-state index is 0.385. The summed E-state index contributed by atoms with van der Waals surface area (Å²) in [6, 6.07) is 2.23. The van der Waals surface area contributed by atoms with E-state index in [1.807, 2.05) is 6.07 Å². The Morgan fingerprint density at radius 1 is 1.26 bits per heavy atom. The molecule has 0 aliphatic heterocycles. The lowest BCUT2D eigenvalue weighted by molar-refractivity contribution is 0.143. The summed E-state index contributed by atoms with van der Waals surface area (Å²) in [5.74, 6) is 2.27. The molecule has 1 aromatic rings.